The predicted molar refractivity (Wildman–Crippen MR) is 62.8 cm³/mol. The van der Waals surface area contributed by atoms with Crippen molar-refractivity contribution >= 4 is 11.3 Å². The summed E-state index contributed by atoms with van der Waals surface area (Å²) in [5, 5.41) is 1.28. The molecule has 0 aliphatic rings. The van der Waals surface area contributed by atoms with Crippen LogP contribution < -0.4 is 5.73 Å². The summed E-state index contributed by atoms with van der Waals surface area (Å²) in [6.45, 7) is 7.32. The monoisotopic (exact) mass is 212 g/mol. The number of hydrogen-bond acceptors (Lipinski definition) is 3. The molecule has 14 heavy (non-hydrogen) atoms. The van der Waals surface area contributed by atoms with Gasteiger partial charge in [0, 0.05) is 4.88 Å². The standard InChI is InChI=1S/C11H20N2S/c1-8(2)4-5-11-13-9(3)10(14-11)6-7-12/h8H,4-7,12H2,1-3H3. The van der Waals surface area contributed by atoms with Crippen molar-refractivity contribution in [3.63, 3.8) is 0 Å². The molecule has 0 atom stereocenters. The summed E-state index contributed by atoms with van der Waals surface area (Å²) in [6.07, 6.45) is 3.33. The van der Waals surface area contributed by atoms with Crippen LogP contribution in [0.1, 0.15) is 35.8 Å². The lowest BCUT2D eigenvalue weighted by atomic mass is 10.1. The molecule has 0 amide bonds. The van der Waals surface area contributed by atoms with Crippen molar-refractivity contribution < 1.29 is 0 Å². The molecule has 2 nitrogen and oxygen atoms in total. The van der Waals surface area contributed by atoms with Gasteiger partial charge in [-0.05, 0) is 38.6 Å². The third-order valence-corrected chi connectivity index (χ3v) is 3.52. The van der Waals surface area contributed by atoms with Gasteiger partial charge >= 0.3 is 0 Å². The van der Waals surface area contributed by atoms with E-state index >= 15 is 0 Å². The van der Waals surface area contributed by atoms with Crippen molar-refractivity contribution in [3.05, 3.63) is 15.6 Å². The highest BCUT2D eigenvalue weighted by Gasteiger charge is 2.07. The summed E-state index contributed by atoms with van der Waals surface area (Å²) < 4.78 is 0. The molecule has 0 aliphatic heterocycles. The fourth-order valence-electron chi connectivity index (χ4n) is 1.37. The van der Waals surface area contributed by atoms with E-state index in [1.807, 2.05) is 11.3 Å². The summed E-state index contributed by atoms with van der Waals surface area (Å²) in [5.74, 6) is 0.761. The number of nitrogens with two attached hydrogens (primary N) is 1. The minimum Gasteiger partial charge on any atom is -0.330 e. The first kappa shape index (κ1) is 11.7. The first-order valence-corrected chi connectivity index (χ1v) is 6.10. The van der Waals surface area contributed by atoms with E-state index in [0.29, 0.717) is 0 Å². The van der Waals surface area contributed by atoms with Crippen LogP contribution >= 0.6 is 11.3 Å². The van der Waals surface area contributed by atoms with Crippen molar-refractivity contribution in [1.82, 2.24) is 4.98 Å². The first-order chi connectivity index (χ1) is 6.63. The van der Waals surface area contributed by atoms with Crippen LogP contribution in [0.2, 0.25) is 0 Å². The Labute approximate surface area is 90.6 Å². The van der Waals surface area contributed by atoms with E-state index in [1.54, 1.807) is 0 Å². The smallest absolute Gasteiger partial charge is 0.0931 e. The van der Waals surface area contributed by atoms with Crippen LogP contribution in [0.25, 0.3) is 0 Å². The van der Waals surface area contributed by atoms with E-state index in [2.05, 4.69) is 25.8 Å². The molecule has 0 bridgehead atoms. The molecule has 80 valence electrons. The minimum absolute atomic E-state index is 0.729. The quantitative estimate of drug-likeness (QED) is 0.814. The van der Waals surface area contributed by atoms with Crippen molar-refractivity contribution in [2.24, 2.45) is 11.7 Å². The Bertz CT molecular complexity index is 279. The zero-order valence-corrected chi connectivity index (χ0v) is 10.2. The van der Waals surface area contributed by atoms with E-state index in [-0.39, 0.29) is 0 Å². The van der Waals surface area contributed by atoms with Gasteiger partial charge in [-0.15, -0.1) is 11.3 Å². The molecule has 1 aromatic heterocycles. The van der Waals surface area contributed by atoms with Crippen LogP contribution in [0.3, 0.4) is 0 Å². The molecule has 0 radical (unpaired) electrons. The Morgan fingerprint density at radius 2 is 2.07 bits per heavy atom. The Morgan fingerprint density at radius 3 is 2.64 bits per heavy atom. The summed E-state index contributed by atoms with van der Waals surface area (Å²) in [4.78, 5) is 5.93. The summed E-state index contributed by atoms with van der Waals surface area (Å²) in [6, 6.07) is 0. The van der Waals surface area contributed by atoms with Crippen LogP contribution in [0.15, 0.2) is 0 Å². The van der Waals surface area contributed by atoms with E-state index in [9.17, 15) is 0 Å². The molecule has 0 saturated carbocycles. The zero-order chi connectivity index (χ0) is 10.6. The minimum atomic E-state index is 0.729. The lowest BCUT2D eigenvalue weighted by molar-refractivity contribution is 0.585. The molecule has 0 spiro atoms. The second-order valence-electron chi connectivity index (χ2n) is 4.09. The van der Waals surface area contributed by atoms with Crippen molar-refractivity contribution in [2.45, 2.75) is 40.0 Å². The predicted octanol–water partition coefficient (Wildman–Crippen LogP) is 2.54. The molecule has 1 aromatic rings. The van der Waals surface area contributed by atoms with Crippen molar-refractivity contribution in [1.29, 1.82) is 0 Å². The van der Waals surface area contributed by atoms with Gasteiger partial charge in [0.2, 0.25) is 0 Å². The van der Waals surface area contributed by atoms with E-state index in [0.717, 1.165) is 25.3 Å². The molecule has 0 unspecified atom stereocenters. The summed E-state index contributed by atoms with van der Waals surface area (Å²) in [7, 11) is 0. The second-order valence-corrected chi connectivity index (χ2v) is 5.26. The van der Waals surface area contributed by atoms with Gasteiger partial charge < -0.3 is 5.73 Å². The molecule has 1 rings (SSSR count). The SMILES string of the molecule is Cc1nc(CCC(C)C)sc1CCN. The third-order valence-electron chi connectivity index (χ3n) is 2.24. The lowest BCUT2D eigenvalue weighted by Gasteiger charge is -2.00. The average molecular weight is 212 g/mol. The molecule has 3 heteroatoms. The lowest BCUT2D eigenvalue weighted by Crippen LogP contribution is -2.01. The van der Waals surface area contributed by atoms with Crippen LogP contribution in [0.4, 0.5) is 0 Å². The average Bonchev–Trinajstić information content (AvgIpc) is 2.45. The van der Waals surface area contributed by atoms with Crippen LogP contribution in [-0.2, 0) is 12.8 Å². The fraction of sp³-hybridized carbons (Fsp3) is 0.727. The Hall–Kier alpha value is -0.410. The molecular weight excluding hydrogens is 192 g/mol. The van der Waals surface area contributed by atoms with Gasteiger partial charge in [0.15, 0.2) is 0 Å². The van der Waals surface area contributed by atoms with Crippen molar-refractivity contribution in [2.75, 3.05) is 6.54 Å². The molecular formula is C11H20N2S. The normalized spacial score (nSPS) is 11.2. The van der Waals surface area contributed by atoms with Gasteiger partial charge in [-0.2, -0.15) is 0 Å². The van der Waals surface area contributed by atoms with Crippen LogP contribution in [-0.4, -0.2) is 11.5 Å². The third kappa shape index (κ3) is 3.39. The summed E-state index contributed by atoms with van der Waals surface area (Å²) in [5.41, 5.74) is 6.72. The Morgan fingerprint density at radius 1 is 1.36 bits per heavy atom. The zero-order valence-electron chi connectivity index (χ0n) is 9.34. The largest absolute Gasteiger partial charge is 0.330 e. The maximum atomic E-state index is 5.54. The number of hydrogen-bond donors (Lipinski definition) is 1. The van der Waals surface area contributed by atoms with Crippen LogP contribution in [0, 0.1) is 12.8 Å². The van der Waals surface area contributed by atoms with Gasteiger partial charge in [-0.1, -0.05) is 13.8 Å². The fourth-order valence-corrected chi connectivity index (χ4v) is 2.47. The second kappa shape index (κ2) is 5.47. The van der Waals surface area contributed by atoms with Crippen LogP contribution in [0.5, 0.6) is 0 Å². The summed E-state index contributed by atoms with van der Waals surface area (Å²) >= 11 is 1.83. The molecule has 2 N–H and O–H groups in total. The van der Waals surface area contributed by atoms with E-state index in [1.165, 1.54) is 22.0 Å². The number of thiazole rings is 1. The Balaban J connectivity index is 2.56. The number of aryl methyl sites for hydroxylation is 2. The number of rotatable bonds is 5. The van der Waals surface area contributed by atoms with Gasteiger partial charge in [0.05, 0.1) is 10.7 Å². The maximum absolute atomic E-state index is 5.54. The highest BCUT2D eigenvalue weighted by atomic mass is 32.1. The van der Waals surface area contributed by atoms with Gasteiger partial charge in [0.25, 0.3) is 0 Å². The molecule has 0 aliphatic carbocycles. The first-order valence-electron chi connectivity index (χ1n) is 5.28. The van der Waals surface area contributed by atoms with Crippen molar-refractivity contribution in [3.8, 4) is 0 Å². The van der Waals surface area contributed by atoms with E-state index in [4.69, 9.17) is 5.73 Å². The molecule has 1 heterocycles. The molecule has 0 fully saturated rings. The Kier molecular flexibility index (Phi) is 4.55. The maximum Gasteiger partial charge on any atom is 0.0931 e. The van der Waals surface area contributed by atoms with E-state index < -0.39 is 0 Å². The van der Waals surface area contributed by atoms with Gasteiger partial charge in [-0.3, -0.25) is 0 Å². The van der Waals surface area contributed by atoms with Gasteiger partial charge in [-0.25, -0.2) is 4.98 Å². The molecule has 0 aromatic carbocycles. The van der Waals surface area contributed by atoms with Gasteiger partial charge in [0.1, 0.15) is 0 Å². The topological polar surface area (TPSA) is 38.9 Å². The number of aromatic nitrogens is 1. The highest BCUT2D eigenvalue weighted by Crippen LogP contribution is 2.20. The number of nitrogens with zero attached hydrogens (tertiary/aromatic N) is 1. The molecule has 0 saturated heterocycles. The highest BCUT2D eigenvalue weighted by molar-refractivity contribution is 7.11.